The summed E-state index contributed by atoms with van der Waals surface area (Å²) in [5.74, 6) is -0.515. The van der Waals surface area contributed by atoms with E-state index < -0.39 is 11.4 Å². The molecule has 0 saturated heterocycles. The third-order valence-electron chi connectivity index (χ3n) is 3.01. The fourth-order valence-corrected chi connectivity index (χ4v) is 2.51. The van der Waals surface area contributed by atoms with Gasteiger partial charge in [-0.2, -0.15) is 0 Å². The predicted molar refractivity (Wildman–Crippen MR) is 79.8 cm³/mol. The molecule has 0 fully saturated rings. The number of aromatic nitrogens is 2. The molecular formula is C12H12Cl2N4OS. The van der Waals surface area contributed by atoms with E-state index in [0.29, 0.717) is 20.6 Å². The lowest BCUT2D eigenvalue weighted by atomic mass is 9.91. The first kappa shape index (κ1) is 15.2. The molecule has 2 aromatic rings. The molecule has 0 radical (unpaired) electrons. The second kappa shape index (κ2) is 6.05. The first-order valence-electron chi connectivity index (χ1n) is 5.71. The quantitative estimate of drug-likeness (QED) is 0.881. The fraction of sp³-hybridized carbons (Fsp3) is 0.250. The zero-order valence-corrected chi connectivity index (χ0v) is 12.9. The summed E-state index contributed by atoms with van der Waals surface area (Å²) >= 11 is 13.0. The van der Waals surface area contributed by atoms with Gasteiger partial charge in [-0.3, -0.25) is 10.1 Å². The maximum absolute atomic E-state index is 11.8. The molecule has 0 saturated carbocycles. The van der Waals surface area contributed by atoms with Crippen LogP contribution in [0.25, 0.3) is 0 Å². The van der Waals surface area contributed by atoms with Crippen LogP contribution in [0.3, 0.4) is 0 Å². The van der Waals surface area contributed by atoms with Crippen LogP contribution in [-0.2, 0) is 16.9 Å². The van der Waals surface area contributed by atoms with E-state index in [4.69, 9.17) is 28.9 Å². The molecule has 1 unspecified atom stereocenters. The zero-order valence-electron chi connectivity index (χ0n) is 10.6. The van der Waals surface area contributed by atoms with E-state index in [-0.39, 0.29) is 6.54 Å². The van der Waals surface area contributed by atoms with Gasteiger partial charge in [0.05, 0.1) is 0 Å². The van der Waals surface area contributed by atoms with Crippen molar-refractivity contribution in [2.75, 3.05) is 0 Å². The van der Waals surface area contributed by atoms with Gasteiger partial charge in [-0.1, -0.05) is 39.8 Å². The molecule has 106 valence electrons. The molecule has 8 heteroatoms. The third kappa shape index (κ3) is 3.09. The molecule has 20 heavy (non-hydrogen) atoms. The topological polar surface area (TPSA) is 80.9 Å². The summed E-state index contributed by atoms with van der Waals surface area (Å²) in [7, 11) is 0. The van der Waals surface area contributed by atoms with Gasteiger partial charge in [-0.15, -0.1) is 5.10 Å². The standard InChI is InChI=1S/C12H12Cl2N4OS/c1-12(11(15)19,7-3-2-4-8(13)5-7)16-6-9-10(14)20-18-17-9/h2-5,16H,6H2,1H3,(H2,15,19). The van der Waals surface area contributed by atoms with Crippen LogP contribution in [0.2, 0.25) is 9.36 Å². The number of hydrogen-bond donors (Lipinski definition) is 2. The number of primary amides is 1. The summed E-state index contributed by atoms with van der Waals surface area (Å²) in [6.45, 7) is 1.97. The van der Waals surface area contributed by atoms with E-state index >= 15 is 0 Å². The molecule has 1 aromatic carbocycles. The maximum atomic E-state index is 11.8. The summed E-state index contributed by atoms with van der Waals surface area (Å²) in [5, 5.41) is 7.49. The molecule has 0 spiro atoms. The summed E-state index contributed by atoms with van der Waals surface area (Å²) in [6.07, 6.45) is 0. The summed E-state index contributed by atoms with van der Waals surface area (Å²) in [4.78, 5) is 11.8. The van der Waals surface area contributed by atoms with Crippen LogP contribution in [-0.4, -0.2) is 15.5 Å². The van der Waals surface area contributed by atoms with Gasteiger partial charge >= 0.3 is 0 Å². The van der Waals surface area contributed by atoms with Crippen LogP contribution in [0.1, 0.15) is 18.2 Å². The van der Waals surface area contributed by atoms with Crippen molar-refractivity contribution >= 4 is 40.6 Å². The van der Waals surface area contributed by atoms with Crippen LogP contribution >= 0.6 is 34.7 Å². The number of nitrogens with two attached hydrogens (primary N) is 1. The van der Waals surface area contributed by atoms with Crippen molar-refractivity contribution in [3.8, 4) is 0 Å². The molecule has 0 bridgehead atoms. The Bertz CT molecular complexity index is 633. The molecule has 3 N–H and O–H groups in total. The van der Waals surface area contributed by atoms with Crippen LogP contribution < -0.4 is 11.1 Å². The minimum absolute atomic E-state index is 0.279. The van der Waals surface area contributed by atoms with Gasteiger partial charge in [0.15, 0.2) is 0 Å². The first-order valence-corrected chi connectivity index (χ1v) is 7.24. The molecule has 1 heterocycles. The number of hydrogen-bond acceptors (Lipinski definition) is 5. The Balaban J connectivity index is 2.26. The number of halogens is 2. The number of benzene rings is 1. The first-order chi connectivity index (χ1) is 9.43. The van der Waals surface area contributed by atoms with Gasteiger partial charge in [0, 0.05) is 23.1 Å². The van der Waals surface area contributed by atoms with E-state index in [9.17, 15) is 4.79 Å². The highest BCUT2D eigenvalue weighted by Gasteiger charge is 2.33. The van der Waals surface area contributed by atoms with Crippen LogP contribution in [0.5, 0.6) is 0 Å². The fourth-order valence-electron chi connectivity index (χ4n) is 1.69. The SMILES string of the molecule is CC(NCc1nnsc1Cl)(C(N)=O)c1cccc(Cl)c1. The highest BCUT2D eigenvalue weighted by molar-refractivity contribution is 7.10. The van der Waals surface area contributed by atoms with Crippen molar-refractivity contribution in [3.63, 3.8) is 0 Å². The number of nitrogens with zero attached hydrogens (tertiary/aromatic N) is 2. The predicted octanol–water partition coefficient (Wildman–Crippen LogP) is 2.34. The Morgan fingerprint density at radius 1 is 1.50 bits per heavy atom. The number of nitrogens with one attached hydrogen (secondary N) is 1. The molecule has 1 atom stereocenters. The minimum Gasteiger partial charge on any atom is -0.368 e. The van der Waals surface area contributed by atoms with Crippen molar-refractivity contribution < 1.29 is 4.79 Å². The zero-order chi connectivity index (χ0) is 14.8. The van der Waals surface area contributed by atoms with Crippen LogP contribution in [0.4, 0.5) is 0 Å². The Morgan fingerprint density at radius 2 is 2.25 bits per heavy atom. The average Bonchev–Trinajstić information content (AvgIpc) is 2.81. The highest BCUT2D eigenvalue weighted by Crippen LogP contribution is 2.25. The summed E-state index contributed by atoms with van der Waals surface area (Å²) in [5.41, 5.74) is 5.70. The van der Waals surface area contributed by atoms with E-state index in [1.807, 2.05) is 0 Å². The van der Waals surface area contributed by atoms with Gasteiger partial charge in [-0.25, -0.2) is 0 Å². The molecule has 0 aliphatic carbocycles. The molecule has 0 aliphatic rings. The van der Waals surface area contributed by atoms with E-state index in [1.54, 1.807) is 31.2 Å². The van der Waals surface area contributed by atoms with Gasteiger partial charge in [0.25, 0.3) is 0 Å². The van der Waals surface area contributed by atoms with Crippen molar-refractivity contribution in [1.29, 1.82) is 0 Å². The van der Waals surface area contributed by atoms with Crippen LogP contribution in [0.15, 0.2) is 24.3 Å². The second-order valence-corrected chi connectivity index (χ2v) is 6.14. The van der Waals surface area contributed by atoms with Crippen molar-refractivity contribution in [3.05, 3.63) is 44.9 Å². The monoisotopic (exact) mass is 330 g/mol. The Kier molecular flexibility index (Phi) is 4.59. The molecule has 1 aromatic heterocycles. The van der Waals surface area contributed by atoms with Gasteiger partial charge in [0.2, 0.25) is 5.91 Å². The van der Waals surface area contributed by atoms with Crippen molar-refractivity contribution in [2.45, 2.75) is 19.0 Å². The molecular weight excluding hydrogens is 319 g/mol. The lowest BCUT2D eigenvalue weighted by Crippen LogP contribution is -2.50. The normalized spacial score (nSPS) is 13.9. The Labute approximate surface area is 130 Å². The maximum Gasteiger partial charge on any atom is 0.242 e. The lowest BCUT2D eigenvalue weighted by molar-refractivity contribution is -0.124. The number of rotatable bonds is 5. The largest absolute Gasteiger partial charge is 0.368 e. The lowest BCUT2D eigenvalue weighted by Gasteiger charge is -2.28. The van der Waals surface area contributed by atoms with Gasteiger partial charge in [-0.05, 0) is 24.6 Å². The highest BCUT2D eigenvalue weighted by atomic mass is 35.5. The van der Waals surface area contributed by atoms with E-state index in [0.717, 1.165) is 11.5 Å². The Hall–Kier alpha value is -1.21. The van der Waals surface area contributed by atoms with E-state index in [1.165, 1.54) is 0 Å². The van der Waals surface area contributed by atoms with Crippen LogP contribution in [0, 0.1) is 0 Å². The smallest absolute Gasteiger partial charge is 0.242 e. The summed E-state index contributed by atoms with van der Waals surface area (Å²) < 4.78 is 4.22. The molecule has 1 amide bonds. The molecule has 2 rings (SSSR count). The third-order valence-corrected chi connectivity index (χ3v) is 4.23. The van der Waals surface area contributed by atoms with Crippen molar-refractivity contribution in [2.24, 2.45) is 5.73 Å². The number of carbonyl (C=O) groups excluding carboxylic acids is 1. The average molecular weight is 331 g/mol. The minimum atomic E-state index is -1.07. The summed E-state index contributed by atoms with van der Waals surface area (Å²) in [6, 6.07) is 6.97. The van der Waals surface area contributed by atoms with E-state index in [2.05, 4.69) is 14.9 Å². The molecule has 0 aliphatic heterocycles. The van der Waals surface area contributed by atoms with Gasteiger partial charge in [0.1, 0.15) is 15.6 Å². The Morgan fingerprint density at radius 3 is 2.80 bits per heavy atom. The number of carbonyl (C=O) groups is 1. The number of amides is 1. The second-order valence-electron chi connectivity index (χ2n) is 4.35. The molecule has 5 nitrogen and oxygen atoms in total. The van der Waals surface area contributed by atoms with Gasteiger partial charge < -0.3 is 5.73 Å². The van der Waals surface area contributed by atoms with Crippen molar-refractivity contribution in [1.82, 2.24) is 14.9 Å².